The van der Waals surface area contributed by atoms with E-state index in [0.717, 1.165) is 11.1 Å². The highest BCUT2D eigenvalue weighted by atomic mass is 32.2. The number of hydrogen-bond donors (Lipinski definition) is 1. The van der Waals surface area contributed by atoms with Crippen LogP contribution in [-0.2, 0) is 16.4 Å². The van der Waals surface area contributed by atoms with Gasteiger partial charge in [0.15, 0.2) is 0 Å². The predicted octanol–water partition coefficient (Wildman–Crippen LogP) is 2.98. The molecule has 0 saturated heterocycles. The highest BCUT2D eigenvalue weighted by Gasteiger charge is 2.11. The van der Waals surface area contributed by atoms with Crippen LogP contribution < -0.4 is 4.72 Å². The van der Waals surface area contributed by atoms with Crippen LogP contribution in [0.1, 0.15) is 11.1 Å². The Kier molecular flexibility index (Phi) is 5.83. The fourth-order valence-electron chi connectivity index (χ4n) is 2.06. The van der Waals surface area contributed by atoms with E-state index in [1.807, 2.05) is 6.92 Å². The van der Waals surface area contributed by atoms with E-state index in [1.54, 1.807) is 48.6 Å². The van der Waals surface area contributed by atoms with Crippen molar-refractivity contribution < 1.29 is 13.3 Å². The van der Waals surface area contributed by atoms with E-state index in [0.29, 0.717) is 6.42 Å². The molecule has 0 bridgehead atoms. The highest BCUT2D eigenvalue weighted by molar-refractivity contribution is 7.89. The number of allylic oxidation sites excluding steroid dienone is 1. The highest BCUT2D eigenvalue weighted by Crippen LogP contribution is 2.13. The summed E-state index contributed by atoms with van der Waals surface area (Å²) in [6, 6.07) is 13.0. The molecule has 0 aliphatic carbocycles. The Balaban J connectivity index is 1.89. The van der Waals surface area contributed by atoms with Crippen molar-refractivity contribution in [2.24, 2.45) is 0 Å². The van der Waals surface area contributed by atoms with Gasteiger partial charge in [-0.2, -0.15) is 0 Å². The summed E-state index contributed by atoms with van der Waals surface area (Å²) < 4.78 is 26.6. The molecular formula is C17H18N2O4S. The lowest BCUT2D eigenvalue weighted by Crippen LogP contribution is -2.23. The number of sulfonamides is 1. The van der Waals surface area contributed by atoms with E-state index in [4.69, 9.17) is 0 Å². The Morgan fingerprint density at radius 2 is 1.83 bits per heavy atom. The van der Waals surface area contributed by atoms with Crippen molar-refractivity contribution in [2.75, 3.05) is 6.54 Å². The van der Waals surface area contributed by atoms with Gasteiger partial charge in [-0.15, -0.1) is 0 Å². The van der Waals surface area contributed by atoms with Crippen molar-refractivity contribution in [1.29, 1.82) is 0 Å². The summed E-state index contributed by atoms with van der Waals surface area (Å²) in [5.74, 6) is 0. The molecule has 0 aromatic heterocycles. The maximum absolute atomic E-state index is 12.1. The lowest BCUT2D eigenvalue weighted by Gasteiger charge is -2.04. The summed E-state index contributed by atoms with van der Waals surface area (Å²) in [5.41, 5.74) is 1.83. The summed E-state index contributed by atoms with van der Waals surface area (Å²) in [5, 5.41) is 10.7. The summed E-state index contributed by atoms with van der Waals surface area (Å²) >= 11 is 0. The van der Waals surface area contributed by atoms with Gasteiger partial charge in [0.25, 0.3) is 5.69 Å². The topological polar surface area (TPSA) is 89.3 Å². The van der Waals surface area contributed by atoms with E-state index in [1.165, 1.54) is 12.1 Å². The van der Waals surface area contributed by atoms with Gasteiger partial charge in [-0.25, -0.2) is 13.1 Å². The van der Waals surface area contributed by atoms with Crippen molar-refractivity contribution >= 4 is 15.7 Å². The quantitative estimate of drug-likeness (QED) is 0.474. The van der Waals surface area contributed by atoms with Gasteiger partial charge < -0.3 is 0 Å². The first-order valence-electron chi connectivity index (χ1n) is 7.33. The molecule has 0 heterocycles. The minimum Gasteiger partial charge on any atom is -0.258 e. The van der Waals surface area contributed by atoms with Crippen LogP contribution in [0.15, 0.2) is 65.6 Å². The summed E-state index contributed by atoms with van der Waals surface area (Å²) in [7, 11) is -3.53. The fraction of sp³-hybridized carbons (Fsp3) is 0.176. The predicted molar refractivity (Wildman–Crippen MR) is 92.3 cm³/mol. The Bertz CT molecular complexity index is 843. The van der Waals surface area contributed by atoms with Crippen LogP contribution in [0, 0.1) is 17.0 Å². The molecule has 0 aliphatic heterocycles. The summed E-state index contributed by atoms with van der Waals surface area (Å²) in [4.78, 5) is 10.5. The van der Waals surface area contributed by atoms with Gasteiger partial charge in [-0.3, -0.25) is 10.1 Å². The third kappa shape index (κ3) is 5.00. The smallest absolute Gasteiger partial charge is 0.258 e. The molecule has 0 saturated carbocycles. The normalized spacial score (nSPS) is 11.7. The average Bonchev–Trinajstić information content (AvgIpc) is 2.55. The first-order chi connectivity index (χ1) is 11.4. The lowest BCUT2D eigenvalue weighted by molar-refractivity contribution is -0.384. The standard InChI is InChI=1S/C17H18N2O4S/c1-14-8-10-17(11-9-14)24(22,23)18-12-3-2-5-15-6-4-7-16(13-15)19(20)21/h2-4,6-11,13,18H,5,12H2,1H3/b3-2-. The Hall–Kier alpha value is -2.51. The van der Waals surface area contributed by atoms with Crippen molar-refractivity contribution in [1.82, 2.24) is 4.72 Å². The molecule has 2 aromatic rings. The van der Waals surface area contributed by atoms with Crippen LogP contribution in [0.3, 0.4) is 0 Å². The molecule has 126 valence electrons. The van der Waals surface area contributed by atoms with Crippen LogP contribution >= 0.6 is 0 Å². The third-order valence-corrected chi connectivity index (χ3v) is 4.80. The van der Waals surface area contributed by atoms with Gasteiger partial charge in [-0.05, 0) is 31.0 Å². The van der Waals surface area contributed by atoms with E-state index in [-0.39, 0.29) is 17.1 Å². The second-order valence-electron chi connectivity index (χ2n) is 5.27. The van der Waals surface area contributed by atoms with Crippen LogP contribution in [0.25, 0.3) is 0 Å². The van der Waals surface area contributed by atoms with Gasteiger partial charge in [0.2, 0.25) is 10.0 Å². The van der Waals surface area contributed by atoms with Gasteiger partial charge in [0.1, 0.15) is 0 Å². The Morgan fingerprint density at radius 3 is 2.50 bits per heavy atom. The average molecular weight is 346 g/mol. The van der Waals surface area contributed by atoms with Gasteiger partial charge in [-0.1, -0.05) is 42.0 Å². The summed E-state index contributed by atoms with van der Waals surface area (Å²) in [6.45, 7) is 2.05. The van der Waals surface area contributed by atoms with Crippen LogP contribution in [-0.4, -0.2) is 19.9 Å². The molecule has 7 heteroatoms. The molecule has 0 aliphatic rings. The molecule has 0 radical (unpaired) electrons. The van der Waals surface area contributed by atoms with Crippen LogP contribution in [0.2, 0.25) is 0 Å². The number of nitro benzene ring substituents is 1. The molecule has 0 fully saturated rings. The third-order valence-electron chi connectivity index (χ3n) is 3.36. The number of nitrogens with one attached hydrogen (secondary N) is 1. The first-order valence-corrected chi connectivity index (χ1v) is 8.81. The fourth-order valence-corrected chi connectivity index (χ4v) is 3.04. The van der Waals surface area contributed by atoms with Crippen LogP contribution in [0.5, 0.6) is 0 Å². The van der Waals surface area contributed by atoms with Crippen molar-refractivity contribution in [2.45, 2.75) is 18.2 Å². The molecule has 0 spiro atoms. The zero-order valence-corrected chi connectivity index (χ0v) is 14.0. The monoisotopic (exact) mass is 346 g/mol. The molecule has 2 rings (SSSR count). The SMILES string of the molecule is Cc1ccc(S(=O)(=O)NC/C=C\Cc2cccc([N+](=O)[O-])c2)cc1. The molecule has 0 unspecified atom stereocenters. The van der Waals surface area contributed by atoms with Gasteiger partial charge in [0, 0.05) is 18.7 Å². The molecule has 0 amide bonds. The molecule has 2 aromatic carbocycles. The van der Waals surface area contributed by atoms with Crippen molar-refractivity contribution in [3.05, 3.63) is 81.9 Å². The maximum Gasteiger partial charge on any atom is 0.269 e. The van der Waals surface area contributed by atoms with Crippen molar-refractivity contribution in [3.8, 4) is 0 Å². The van der Waals surface area contributed by atoms with E-state index in [2.05, 4.69) is 4.72 Å². The number of nitrogens with zero attached hydrogens (tertiary/aromatic N) is 1. The number of aryl methyl sites for hydroxylation is 1. The number of nitro groups is 1. The second kappa shape index (κ2) is 7.85. The number of non-ortho nitro benzene ring substituents is 1. The maximum atomic E-state index is 12.1. The lowest BCUT2D eigenvalue weighted by atomic mass is 10.1. The van der Waals surface area contributed by atoms with Crippen LogP contribution in [0.4, 0.5) is 5.69 Å². The zero-order chi connectivity index (χ0) is 17.6. The minimum atomic E-state index is -3.53. The number of rotatable bonds is 7. The van der Waals surface area contributed by atoms with E-state index in [9.17, 15) is 18.5 Å². The largest absolute Gasteiger partial charge is 0.269 e. The molecule has 0 atom stereocenters. The summed E-state index contributed by atoms with van der Waals surface area (Å²) in [6.07, 6.45) is 3.95. The van der Waals surface area contributed by atoms with Gasteiger partial charge in [0.05, 0.1) is 9.82 Å². The Morgan fingerprint density at radius 1 is 1.12 bits per heavy atom. The van der Waals surface area contributed by atoms with Gasteiger partial charge >= 0.3 is 0 Å². The van der Waals surface area contributed by atoms with Crippen molar-refractivity contribution in [3.63, 3.8) is 0 Å². The van der Waals surface area contributed by atoms with E-state index < -0.39 is 14.9 Å². The molecule has 1 N–H and O–H groups in total. The van der Waals surface area contributed by atoms with E-state index >= 15 is 0 Å². The molecular weight excluding hydrogens is 328 g/mol. The first kappa shape index (κ1) is 17.8. The molecule has 6 nitrogen and oxygen atoms in total. The number of hydrogen-bond acceptors (Lipinski definition) is 4. The zero-order valence-electron chi connectivity index (χ0n) is 13.2. The Labute approximate surface area is 141 Å². The number of benzene rings is 2. The second-order valence-corrected chi connectivity index (χ2v) is 7.03. The molecule has 24 heavy (non-hydrogen) atoms. The minimum absolute atomic E-state index is 0.0426.